The van der Waals surface area contributed by atoms with Gasteiger partial charge in [0.15, 0.2) is 0 Å². The molecule has 0 aromatic heterocycles. The van der Waals surface area contributed by atoms with Gasteiger partial charge in [-0.1, -0.05) is 18.9 Å². The van der Waals surface area contributed by atoms with Crippen LogP contribution in [0.25, 0.3) is 0 Å². The minimum atomic E-state index is -0.780. The van der Waals surface area contributed by atoms with Gasteiger partial charge in [-0.3, -0.25) is 9.59 Å². The van der Waals surface area contributed by atoms with Crippen molar-refractivity contribution in [3.63, 3.8) is 0 Å². The Morgan fingerprint density at radius 3 is 2.40 bits per heavy atom. The molecule has 0 bridgehead atoms. The third-order valence-electron chi connectivity index (χ3n) is 3.34. The largest absolute Gasteiger partial charge is 0.368 e. The van der Waals surface area contributed by atoms with Gasteiger partial charge in [0.2, 0.25) is 11.8 Å². The molecular weight excluding hydrogens is 266 g/mol. The Bertz CT molecular complexity index is 510. The number of hydrogen-bond acceptors (Lipinski definition) is 2. The van der Waals surface area contributed by atoms with Gasteiger partial charge in [-0.2, -0.15) is 0 Å². The van der Waals surface area contributed by atoms with E-state index < -0.39 is 35.9 Å². The number of benzene rings is 1. The molecule has 0 spiro atoms. The van der Waals surface area contributed by atoms with Crippen LogP contribution in [0.5, 0.6) is 0 Å². The highest BCUT2D eigenvalue weighted by Gasteiger charge is 2.29. The van der Waals surface area contributed by atoms with Gasteiger partial charge in [-0.15, -0.1) is 0 Å². The molecule has 1 fully saturated rings. The third kappa shape index (κ3) is 3.76. The summed E-state index contributed by atoms with van der Waals surface area (Å²) in [5, 5.41) is 2.44. The van der Waals surface area contributed by atoms with Crippen LogP contribution >= 0.6 is 0 Å². The summed E-state index contributed by atoms with van der Waals surface area (Å²) in [5.74, 6) is -2.40. The van der Waals surface area contributed by atoms with Crippen LogP contribution in [0.2, 0.25) is 0 Å². The van der Waals surface area contributed by atoms with Crippen LogP contribution in [0.15, 0.2) is 18.2 Å². The highest BCUT2D eigenvalue weighted by atomic mass is 19.1. The maximum atomic E-state index is 13.4. The van der Waals surface area contributed by atoms with Crippen molar-refractivity contribution in [2.45, 2.75) is 31.7 Å². The van der Waals surface area contributed by atoms with Gasteiger partial charge in [0.05, 0.1) is 6.42 Å². The number of amides is 2. The summed E-state index contributed by atoms with van der Waals surface area (Å²) in [7, 11) is 0. The maximum Gasteiger partial charge on any atom is 0.240 e. The zero-order chi connectivity index (χ0) is 14.7. The van der Waals surface area contributed by atoms with E-state index in [9.17, 15) is 18.4 Å². The Morgan fingerprint density at radius 1 is 1.30 bits per heavy atom. The molecule has 1 atom stereocenters. The summed E-state index contributed by atoms with van der Waals surface area (Å²) in [6, 6.07) is 2.62. The summed E-state index contributed by atoms with van der Waals surface area (Å²) in [5.41, 5.74) is 4.91. The number of halogens is 2. The van der Waals surface area contributed by atoms with Crippen molar-refractivity contribution in [2.24, 2.45) is 11.7 Å². The average molecular weight is 282 g/mol. The molecule has 3 N–H and O–H groups in total. The summed E-state index contributed by atoms with van der Waals surface area (Å²) >= 11 is 0. The minimum Gasteiger partial charge on any atom is -0.368 e. The highest BCUT2D eigenvalue weighted by Crippen LogP contribution is 2.33. The normalized spacial score (nSPS) is 15.7. The molecule has 1 saturated carbocycles. The lowest BCUT2D eigenvalue weighted by atomic mass is 10.1. The molecule has 4 nitrogen and oxygen atoms in total. The van der Waals surface area contributed by atoms with Crippen LogP contribution in [-0.2, 0) is 16.0 Å². The molecule has 0 heterocycles. The molecule has 2 amide bonds. The first kappa shape index (κ1) is 14.4. The molecule has 6 heteroatoms. The maximum absolute atomic E-state index is 13.4. The fraction of sp³-hybridized carbons (Fsp3) is 0.429. The van der Waals surface area contributed by atoms with Crippen molar-refractivity contribution in [1.82, 2.24) is 5.32 Å². The molecule has 1 aliphatic carbocycles. The number of primary amides is 1. The third-order valence-corrected chi connectivity index (χ3v) is 3.34. The van der Waals surface area contributed by atoms with Crippen molar-refractivity contribution >= 4 is 11.8 Å². The number of rotatable bonds is 6. The van der Waals surface area contributed by atoms with Crippen molar-refractivity contribution in [1.29, 1.82) is 0 Å². The summed E-state index contributed by atoms with van der Waals surface area (Å²) in [4.78, 5) is 23.0. The fourth-order valence-corrected chi connectivity index (χ4v) is 2.04. The number of carbonyl (C=O) groups is 2. The first-order valence-electron chi connectivity index (χ1n) is 6.49. The van der Waals surface area contributed by atoms with E-state index in [4.69, 9.17) is 5.73 Å². The molecule has 0 aliphatic heterocycles. The first-order valence-corrected chi connectivity index (χ1v) is 6.49. The summed E-state index contributed by atoms with van der Waals surface area (Å²) < 4.78 is 26.8. The van der Waals surface area contributed by atoms with E-state index in [0.717, 1.165) is 25.0 Å². The van der Waals surface area contributed by atoms with Gasteiger partial charge >= 0.3 is 0 Å². The standard InChI is InChI=1S/C14H16F2N2O2/c15-10-2-1-3-11(16)9(10)7-13(19)18-12(14(17)20)6-8-4-5-8/h1-3,8,12H,4-7H2,(H2,17,20)(H,18,19)/t12-/m1/s1. The van der Waals surface area contributed by atoms with Crippen LogP contribution in [-0.4, -0.2) is 17.9 Å². The Kier molecular flexibility index (Phi) is 4.32. The Morgan fingerprint density at radius 2 is 1.90 bits per heavy atom. The topological polar surface area (TPSA) is 72.2 Å². The first-order chi connectivity index (χ1) is 9.47. The lowest BCUT2D eigenvalue weighted by molar-refractivity contribution is -0.127. The molecule has 2 rings (SSSR count). The van der Waals surface area contributed by atoms with E-state index in [2.05, 4.69) is 5.32 Å². The van der Waals surface area contributed by atoms with E-state index in [-0.39, 0.29) is 5.56 Å². The molecule has 0 saturated heterocycles. The highest BCUT2D eigenvalue weighted by molar-refractivity contribution is 5.87. The summed E-state index contributed by atoms with van der Waals surface area (Å²) in [6.45, 7) is 0. The fourth-order valence-electron chi connectivity index (χ4n) is 2.04. The van der Waals surface area contributed by atoms with E-state index >= 15 is 0 Å². The molecule has 20 heavy (non-hydrogen) atoms. The monoisotopic (exact) mass is 282 g/mol. The zero-order valence-corrected chi connectivity index (χ0v) is 10.9. The molecule has 0 radical (unpaired) electrons. The van der Waals surface area contributed by atoms with Gasteiger partial charge < -0.3 is 11.1 Å². The van der Waals surface area contributed by atoms with Crippen molar-refractivity contribution in [2.75, 3.05) is 0 Å². The van der Waals surface area contributed by atoms with E-state index in [1.165, 1.54) is 6.07 Å². The molecule has 1 aromatic rings. The van der Waals surface area contributed by atoms with Crippen molar-refractivity contribution in [3.05, 3.63) is 35.4 Å². The van der Waals surface area contributed by atoms with E-state index in [1.807, 2.05) is 0 Å². The second-order valence-corrected chi connectivity index (χ2v) is 5.08. The van der Waals surface area contributed by atoms with E-state index in [1.54, 1.807) is 0 Å². The predicted octanol–water partition coefficient (Wildman–Crippen LogP) is 1.28. The van der Waals surface area contributed by atoms with E-state index in [0.29, 0.717) is 12.3 Å². The second-order valence-electron chi connectivity index (χ2n) is 5.08. The van der Waals surface area contributed by atoms with Gasteiger partial charge in [-0.05, 0) is 24.5 Å². The van der Waals surface area contributed by atoms with Gasteiger partial charge in [-0.25, -0.2) is 8.78 Å². The van der Waals surface area contributed by atoms with Gasteiger partial charge in [0.25, 0.3) is 0 Å². The Balaban J connectivity index is 1.98. The quantitative estimate of drug-likeness (QED) is 0.825. The summed E-state index contributed by atoms with van der Waals surface area (Å²) in [6.07, 6.45) is 2.07. The SMILES string of the molecule is NC(=O)[C@@H](CC1CC1)NC(=O)Cc1c(F)cccc1F. The molecule has 1 aromatic carbocycles. The number of nitrogens with two attached hydrogens (primary N) is 1. The zero-order valence-electron chi connectivity index (χ0n) is 10.9. The van der Waals surface area contributed by atoms with Crippen molar-refractivity contribution in [3.8, 4) is 0 Å². The van der Waals surface area contributed by atoms with Gasteiger partial charge in [0, 0.05) is 5.56 Å². The predicted molar refractivity (Wildman–Crippen MR) is 68.5 cm³/mol. The van der Waals surface area contributed by atoms with Crippen molar-refractivity contribution < 1.29 is 18.4 Å². The number of carbonyl (C=O) groups excluding carboxylic acids is 2. The molecular formula is C14H16F2N2O2. The van der Waals surface area contributed by atoms with Crippen LogP contribution in [0.1, 0.15) is 24.8 Å². The Hall–Kier alpha value is -1.98. The van der Waals surface area contributed by atoms with Crippen LogP contribution in [0.4, 0.5) is 8.78 Å². The Labute approximate surface area is 115 Å². The van der Waals surface area contributed by atoms with Crippen LogP contribution in [0, 0.1) is 17.6 Å². The smallest absolute Gasteiger partial charge is 0.240 e. The lowest BCUT2D eigenvalue weighted by Crippen LogP contribution is -2.45. The molecule has 1 aliphatic rings. The second kappa shape index (κ2) is 5.98. The molecule has 0 unspecified atom stereocenters. The van der Waals surface area contributed by atoms with Gasteiger partial charge in [0.1, 0.15) is 17.7 Å². The molecule has 108 valence electrons. The van der Waals surface area contributed by atoms with Crippen LogP contribution < -0.4 is 11.1 Å². The number of nitrogens with one attached hydrogen (secondary N) is 1. The average Bonchev–Trinajstić information content (AvgIpc) is 3.17. The van der Waals surface area contributed by atoms with Crippen LogP contribution in [0.3, 0.4) is 0 Å². The number of hydrogen-bond donors (Lipinski definition) is 2. The lowest BCUT2D eigenvalue weighted by Gasteiger charge is -2.15. The minimum absolute atomic E-state index is 0.306.